The molecule has 0 aliphatic rings. The molecular weight excluding hydrogens is 298 g/mol. The van der Waals surface area contributed by atoms with E-state index >= 15 is 0 Å². The number of nitrogens with zero attached hydrogens (tertiary/aromatic N) is 3. The lowest BCUT2D eigenvalue weighted by Gasteiger charge is -2.18. The molecule has 1 unspecified atom stereocenters. The fourth-order valence-corrected chi connectivity index (χ4v) is 1.68. The van der Waals surface area contributed by atoms with Crippen LogP contribution < -0.4 is 10.5 Å². The first-order valence-corrected chi connectivity index (χ1v) is 7.03. The lowest BCUT2D eigenvalue weighted by molar-refractivity contribution is 0.206. The molecule has 0 aliphatic carbocycles. The first kappa shape index (κ1) is 15.2. The normalized spacial score (nSPS) is 12.4. The van der Waals surface area contributed by atoms with Crippen molar-refractivity contribution in [2.75, 3.05) is 37.5 Å². The molecule has 0 amide bonds. The van der Waals surface area contributed by atoms with Crippen LogP contribution in [0.2, 0.25) is 0 Å². The molecule has 0 fully saturated rings. The van der Waals surface area contributed by atoms with E-state index in [4.69, 9.17) is 4.74 Å². The Hall–Kier alpha value is -0.880. The molecule has 0 aromatic carbocycles. The van der Waals surface area contributed by atoms with Crippen LogP contribution in [0.25, 0.3) is 0 Å². The Morgan fingerprint density at radius 1 is 1.61 bits per heavy atom. The van der Waals surface area contributed by atoms with Crippen molar-refractivity contribution < 1.29 is 4.74 Å². The number of anilines is 1. The van der Waals surface area contributed by atoms with E-state index in [1.165, 1.54) is 4.68 Å². The number of aromatic nitrogens is 2. The van der Waals surface area contributed by atoms with E-state index in [9.17, 15) is 4.79 Å². The van der Waals surface area contributed by atoms with Crippen molar-refractivity contribution in [2.24, 2.45) is 5.92 Å². The third-order valence-electron chi connectivity index (χ3n) is 2.67. The summed E-state index contributed by atoms with van der Waals surface area (Å²) in [6.07, 6.45) is 1.72. The molecule has 6 heteroatoms. The number of likely N-dealkylation sites (N-methyl/N-ethyl adjacent to an activating group) is 1. The van der Waals surface area contributed by atoms with Gasteiger partial charge in [0, 0.05) is 38.6 Å². The quantitative estimate of drug-likeness (QED) is 0.712. The average Bonchev–Trinajstić information content (AvgIpc) is 2.38. The second kappa shape index (κ2) is 7.53. The lowest BCUT2D eigenvalue weighted by Crippen LogP contribution is -2.29. The van der Waals surface area contributed by atoms with Gasteiger partial charge in [0.05, 0.1) is 18.5 Å². The third-order valence-corrected chi connectivity index (χ3v) is 3.78. The van der Waals surface area contributed by atoms with Crippen LogP contribution >= 0.6 is 15.9 Å². The summed E-state index contributed by atoms with van der Waals surface area (Å²) in [6, 6.07) is 1.61. The highest BCUT2D eigenvalue weighted by Crippen LogP contribution is 2.07. The maximum atomic E-state index is 11.9. The predicted octanol–water partition coefficient (Wildman–Crippen LogP) is 1.36. The SMILES string of the molecule is COCCN(C)c1cnn(CC(C)CBr)c(=O)c1. The van der Waals surface area contributed by atoms with Crippen LogP contribution in [0.1, 0.15) is 6.92 Å². The molecule has 0 N–H and O–H groups in total. The second-order valence-corrected chi connectivity index (χ2v) is 5.06. The highest BCUT2D eigenvalue weighted by molar-refractivity contribution is 9.09. The minimum atomic E-state index is -0.0652. The maximum absolute atomic E-state index is 11.9. The predicted molar refractivity (Wildman–Crippen MR) is 76.6 cm³/mol. The van der Waals surface area contributed by atoms with E-state index < -0.39 is 0 Å². The Morgan fingerprint density at radius 3 is 2.89 bits per heavy atom. The Labute approximate surface area is 116 Å². The Bertz CT molecular complexity index is 422. The molecule has 5 nitrogen and oxygen atoms in total. The summed E-state index contributed by atoms with van der Waals surface area (Å²) in [5.74, 6) is 0.382. The molecule has 1 atom stereocenters. The van der Waals surface area contributed by atoms with Crippen LogP contribution in [-0.4, -0.2) is 42.4 Å². The highest BCUT2D eigenvalue weighted by atomic mass is 79.9. The molecule has 0 bridgehead atoms. The van der Waals surface area contributed by atoms with Crippen molar-refractivity contribution >= 4 is 21.6 Å². The largest absolute Gasteiger partial charge is 0.383 e. The lowest BCUT2D eigenvalue weighted by atomic mass is 10.2. The Morgan fingerprint density at radius 2 is 2.33 bits per heavy atom. The molecule has 1 rings (SSSR count). The van der Waals surface area contributed by atoms with E-state index in [0.717, 1.165) is 17.6 Å². The van der Waals surface area contributed by atoms with Crippen molar-refractivity contribution in [3.05, 3.63) is 22.6 Å². The summed E-state index contributed by atoms with van der Waals surface area (Å²) in [5, 5.41) is 5.05. The minimum Gasteiger partial charge on any atom is -0.383 e. The summed E-state index contributed by atoms with van der Waals surface area (Å²) in [4.78, 5) is 13.9. The maximum Gasteiger partial charge on any atom is 0.268 e. The van der Waals surface area contributed by atoms with Crippen molar-refractivity contribution in [1.29, 1.82) is 0 Å². The van der Waals surface area contributed by atoms with Crippen molar-refractivity contribution in [2.45, 2.75) is 13.5 Å². The van der Waals surface area contributed by atoms with Gasteiger partial charge >= 0.3 is 0 Å². The molecule has 0 aliphatic heterocycles. The highest BCUT2D eigenvalue weighted by Gasteiger charge is 2.07. The van der Waals surface area contributed by atoms with Gasteiger partial charge in [-0.1, -0.05) is 22.9 Å². The zero-order valence-electron chi connectivity index (χ0n) is 11.1. The molecule has 0 saturated carbocycles. The third kappa shape index (κ3) is 4.42. The molecule has 1 aromatic rings. The summed E-state index contributed by atoms with van der Waals surface area (Å²) in [7, 11) is 3.58. The van der Waals surface area contributed by atoms with Gasteiger partial charge in [-0.25, -0.2) is 4.68 Å². The van der Waals surface area contributed by atoms with Gasteiger partial charge < -0.3 is 9.64 Å². The zero-order valence-corrected chi connectivity index (χ0v) is 12.7. The molecular formula is C12H20BrN3O2. The van der Waals surface area contributed by atoms with Gasteiger partial charge in [-0.3, -0.25) is 4.79 Å². The fourth-order valence-electron chi connectivity index (χ4n) is 1.47. The molecule has 1 aromatic heterocycles. The average molecular weight is 318 g/mol. The Balaban J connectivity index is 2.75. The Kier molecular flexibility index (Phi) is 6.35. The van der Waals surface area contributed by atoms with Gasteiger partial charge in [0.25, 0.3) is 5.56 Å². The molecule has 0 saturated heterocycles. The van der Waals surface area contributed by atoms with E-state index in [1.807, 2.05) is 11.9 Å². The number of rotatable bonds is 7. The zero-order chi connectivity index (χ0) is 13.5. The summed E-state index contributed by atoms with van der Waals surface area (Å²) >= 11 is 3.40. The van der Waals surface area contributed by atoms with Crippen molar-refractivity contribution in [3.8, 4) is 0 Å². The van der Waals surface area contributed by atoms with Crippen LogP contribution in [0.15, 0.2) is 17.1 Å². The fraction of sp³-hybridized carbons (Fsp3) is 0.667. The second-order valence-electron chi connectivity index (χ2n) is 4.41. The van der Waals surface area contributed by atoms with Gasteiger partial charge in [0.15, 0.2) is 0 Å². The first-order valence-electron chi connectivity index (χ1n) is 5.91. The number of ether oxygens (including phenoxy) is 1. The van der Waals surface area contributed by atoms with Crippen molar-refractivity contribution in [3.63, 3.8) is 0 Å². The van der Waals surface area contributed by atoms with E-state index in [2.05, 4.69) is 28.0 Å². The van der Waals surface area contributed by atoms with Gasteiger partial charge in [0.2, 0.25) is 0 Å². The topological polar surface area (TPSA) is 47.4 Å². The van der Waals surface area contributed by atoms with E-state index in [-0.39, 0.29) is 5.56 Å². The van der Waals surface area contributed by atoms with Gasteiger partial charge in [-0.05, 0) is 5.92 Å². The molecule has 102 valence electrons. The summed E-state index contributed by atoms with van der Waals surface area (Å²) < 4.78 is 6.50. The summed E-state index contributed by atoms with van der Waals surface area (Å²) in [6.45, 7) is 4.06. The first-order chi connectivity index (χ1) is 8.58. The molecule has 1 heterocycles. The monoisotopic (exact) mass is 317 g/mol. The van der Waals surface area contributed by atoms with Gasteiger partial charge in [-0.15, -0.1) is 0 Å². The van der Waals surface area contributed by atoms with Crippen LogP contribution in [0.3, 0.4) is 0 Å². The number of halogens is 1. The number of alkyl halides is 1. The van der Waals surface area contributed by atoms with E-state index in [0.29, 0.717) is 19.1 Å². The standard InChI is InChI=1S/C12H20BrN3O2/c1-10(7-13)9-16-12(17)6-11(8-14-16)15(2)4-5-18-3/h6,8,10H,4-5,7,9H2,1-3H3. The smallest absolute Gasteiger partial charge is 0.268 e. The van der Waals surface area contributed by atoms with Crippen LogP contribution in [0, 0.1) is 5.92 Å². The number of hydrogen-bond acceptors (Lipinski definition) is 4. The van der Waals surface area contributed by atoms with Gasteiger partial charge in [-0.2, -0.15) is 5.10 Å². The molecule has 0 spiro atoms. The van der Waals surface area contributed by atoms with Crippen LogP contribution in [-0.2, 0) is 11.3 Å². The van der Waals surface area contributed by atoms with Gasteiger partial charge in [0.1, 0.15) is 0 Å². The minimum absolute atomic E-state index is 0.0652. The van der Waals surface area contributed by atoms with Crippen LogP contribution in [0.4, 0.5) is 5.69 Å². The van der Waals surface area contributed by atoms with Crippen molar-refractivity contribution in [1.82, 2.24) is 9.78 Å². The molecule has 0 radical (unpaired) electrons. The van der Waals surface area contributed by atoms with E-state index in [1.54, 1.807) is 19.4 Å². The number of methoxy groups -OCH3 is 1. The van der Waals surface area contributed by atoms with Crippen LogP contribution in [0.5, 0.6) is 0 Å². The molecule has 18 heavy (non-hydrogen) atoms. The summed E-state index contributed by atoms with van der Waals surface area (Å²) in [5.41, 5.74) is 0.754. The number of hydrogen-bond donors (Lipinski definition) is 0.